The molecule has 172 valence electrons. The Morgan fingerprint density at radius 1 is 1.13 bits per heavy atom. The minimum absolute atomic E-state index is 0.0481. The number of amides is 4. The second-order valence-electron chi connectivity index (χ2n) is 9.21. The molecule has 4 N–H and O–H groups in total. The molecule has 1 atom stereocenters. The van der Waals surface area contributed by atoms with Crippen molar-refractivity contribution in [1.82, 2.24) is 25.7 Å². The summed E-state index contributed by atoms with van der Waals surface area (Å²) in [4.78, 5) is 56.9. The van der Waals surface area contributed by atoms with Crippen LogP contribution in [-0.4, -0.2) is 57.0 Å². The van der Waals surface area contributed by atoms with Crippen LogP contribution in [-0.2, 0) is 14.3 Å². The highest BCUT2D eigenvalue weighted by atomic mass is 16.6. The Morgan fingerprint density at radius 3 is 2.26 bits per heavy atom. The molecule has 4 amide bonds. The van der Waals surface area contributed by atoms with Gasteiger partial charge in [-0.1, -0.05) is 20.8 Å². The van der Waals surface area contributed by atoms with Gasteiger partial charge in [0.2, 0.25) is 5.91 Å². The molecule has 0 aliphatic rings. The van der Waals surface area contributed by atoms with Crippen molar-refractivity contribution < 1.29 is 23.9 Å². The van der Waals surface area contributed by atoms with Crippen LogP contribution in [0.25, 0.3) is 0 Å². The molecule has 1 aromatic heterocycles. The van der Waals surface area contributed by atoms with E-state index in [-0.39, 0.29) is 30.5 Å². The predicted octanol–water partition coefficient (Wildman–Crippen LogP) is 1.15. The van der Waals surface area contributed by atoms with Crippen molar-refractivity contribution in [3.05, 3.63) is 24.3 Å². The summed E-state index contributed by atoms with van der Waals surface area (Å²) in [6.07, 6.45) is 3.30. The Balaban J connectivity index is 3.03. The van der Waals surface area contributed by atoms with Gasteiger partial charge in [-0.05, 0) is 32.6 Å². The Bertz CT molecular complexity index is 785. The van der Waals surface area contributed by atoms with Gasteiger partial charge in [0.1, 0.15) is 17.3 Å². The van der Waals surface area contributed by atoms with Crippen LogP contribution in [0.5, 0.6) is 0 Å². The predicted molar refractivity (Wildman–Crippen MR) is 112 cm³/mol. The highest BCUT2D eigenvalue weighted by Crippen LogP contribution is 2.21. The Labute approximate surface area is 182 Å². The van der Waals surface area contributed by atoms with Crippen LogP contribution in [0.2, 0.25) is 0 Å². The topological polar surface area (TPSA) is 157 Å². The third kappa shape index (κ3) is 10.4. The maximum Gasteiger partial charge on any atom is 0.429 e. The largest absolute Gasteiger partial charge is 0.442 e. The zero-order valence-electron chi connectivity index (χ0n) is 18.9. The number of aromatic nitrogens is 2. The molecule has 11 nitrogen and oxygen atoms in total. The Morgan fingerprint density at radius 2 is 1.77 bits per heavy atom. The first-order valence-corrected chi connectivity index (χ1v) is 9.84. The SMILES string of the molecule is CC(C)(C)CC(NC(=O)c1cnccn1)C(=O)NN(CCC(N)=O)C(=O)OC(C)(C)C. The maximum atomic E-state index is 13.0. The van der Waals surface area contributed by atoms with Gasteiger partial charge in [-0.2, -0.15) is 0 Å². The fourth-order valence-corrected chi connectivity index (χ4v) is 2.41. The first-order chi connectivity index (χ1) is 14.2. The lowest BCUT2D eigenvalue weighted by molar-refractivity contribution is -0.129. The second kappa shape index (κ2) is 10.7. The number of hydrazine groups is 1. The summed E-state index contributed by atoms with van der Waals surface area (Å²) in [7, 11) is 0. The van der Waals surface area contributed by atoms with Crippen molar-refractivity contribution in [2.24, 2.45) is 11.1 Å². The quantitative estimate of drug-likeness (QED) is 0.541. The Kier molecular flexibility index (Phi) is 8.89. The van der Waals surface area contributed by atoms with Crippen molar-refractivity contribution in [3.63, 3.8) is 0 Å². The summed E-state index contributed by atoms with van der Waals surface area (Å²) in [6.45, 7) is 10.5. The van der Waals surface area contributed by atoms with Gasteiger partial charge in [0.25, 0.3) is 11.8 Å². The third-order valence-corrected chi connectivity index (χ3v) is 3.67. The van der Waals surface area contributed by atoms with Crippen molar-refractivity contribution in [2.45, 2.75) is 66.0 Å². The van der Waals surface area contributed by atoms with Gasteiger partial charge in [0.15, 0.2) is 0 Å². The molecule has 0 saturated carbocycles. The molecular weight excluding hydrogens is 404 g/mol. The van der Waals surface area contributed by atoms with E-state index in [1.807, 2.05) is 20.8 Å². The van der Waals surface area contributed by atoms with Crippen molar-refractivity contribution in [1.29, 1.82) is 0 Å². The monoisotopic (exact) mass is 436 g/mol. The number of rotatable bonds is 7. The molecule has 0 saturated heterocycles. The number of nitrogens with two attached hydrogens (primary N) is 1. The summed E-state index contributed by atoms with van der Waals surface area (Å²) in [5, 5.41) is 3.50. The summed E-state index contributed by atoms with van der Waals surface area (Å²) < 4.78 is 5.28. The number of hydrogen-bond acceptors (Lipinski definition) is 7. The molecule has 0 aliphatic carbocycles. The van der Waals surface area contributed by atoms with E-state index in [1.54, 1.807) is 20.8 Å². The summed E-state index contributed by atoms with van der Waals surface area (Å²) in [5.74, 6) is -1.88. The van der Waals surface area contributed by atoms with Crippen LogP contribution < -0.4 is 16.5 Å². The van der Waals surface area contributed by atoms with Gasteiger partial charge in [-0.15, -0.1) is 0 Å². The number of carbonyl (C=O) groups is 4. The van der Waals surface area contributed by atoms with Gasteiger partial charge < -0.3 is 15.8 Å². The van der Waals surface area contributed by atoms with Gasteiger partial charge in [0, 0.05) is 18.8 Å². The molecule has 11 heteroatoms. The zero-order chi connectivity index (χ0) is 23.8. The third-order valence-electron chi connectivity index (χ3n) is 3.67. The number of primary amides is 1. The lowest BCUT2D eigenvalue weighted by Gasteiger charge is -2.30. The minimum atomic E-state index is -0.993. The maximum absolute atomic E-state index is 13.0. The lowest BCUT2D eigenvalue weighted by Crippen LogP contribution is -2.56. The summed E-state index contributed by atoms with van der Waals surface area (Å²) in [5.41, 5.74) is 6.50. The molecule has 1 aromatic rings. The van der Waals surface area contributed by atoms with Crippen molar-refractivity contribution in [2.75, 3.05) is 6.54 Å². The van der Waals surface area contributed by atoms with E-state index in [9.17, 15) is 19.2 Å². The van der Waals surface area contributed by atoms with Crippen LogP contribution in [0, 0.1) is 5.41 Å². The van der Waals surface area contributed by atoms with E-state index < -0.39 is 35.5 Å². The molecule has 0 spiro atoms. The molecular formula is C20H32N6O5. The van der Waals surface area contributed by atoms with Crippen LogP contribution in [0.4, 0.5) is 4.79 Å². The van der Waals surface area contributed by atoms with Crippen LogP contribution in [0.3, 0.4) is 0 Å². The average molecular weight is 437 g/mol. The van der Waals surface area contributed by atoms with Gasteiger partial charge in [0.05, 0.1) is 12.7 Å². The highest BCUT2D eigenvalue weighted by Gasteiger charge is 2.31. The number of carbonyl (C=O) groups excluding carboxylic acids is 4. The molecule has 1 rings (SSSR count). The minimum Gasteiger partial charge on any atom is -0.442 e. The van der Waals surface area contributed by atoms with Crippen molar-refractivity contribution >= 4 is 23.8 Å². The molecule has 0 aliphatic heterocycles. The zero-order valence-corrected chi connectivity index (χ0v) is 18.9. The summed E-state index contributed by atoms with van der Waals surface area (Å²) in [6, 6.07) is -0.993. The van der Waals surface area contributed by atoms with Crippen LogP contribution >= 0.6 is 0 Å². The fourth-order valence-electron chi connectivity index (χ4n) is 2.41. The van der Waals surface area contributed by atoms with Crippen LogP contribution in [0.15, 0.2) is 18.6 Å². The van der Waals surface area contributed by atoms with E-state index in [0.717, 1.165) is 5.01 Å². The Hall–Kier alpha value is -3.24. The van der Waals surface area contributed by atoms with Gasteiger partial charge >= 0.3 is 6.09 Å². The number of nitrogens with one attached hydrogen (secondary N) is 2. The number of nitrogens with zero attached hydrogens (tertiary/aromatic N) is 3. The molecule has 1 heterocycles. The highest BCUT2D eigenvalue weighted by molar-refractivity contribution is 5.96. The van der Waals surface area contributed by atoms with E-state index in [1.165, 1.54) is 18.6 Å². The first-order valence-electron chi connectivity index (χ1n) is 9.84. The van der Waals surface area contributed by atoms with E-state index in [2.05, 4.69) is 20.7 Å². The van der Waals surface area contributed by atoms with E-state index in [4.69, 9.17) is 10.5 Å². The number of hydrogen-bond donors (Lipinski definition) is 3. The van der Waals surface area contributed by atoms with Crippen LogP contribution in [0.1, 0.15) is 64.9 Å². The molecule has 0 bridgehead atoms. The standard InChI is InChI=1S/C20H32N6O5/c1-19(2,3)11-13(24-16(28)14-12-22-8-9-23-14)17(29)25-26(10-7-15(21)27)18(30)31-20(4,5)6/h8-9,12-13H,7,10-11H2,1-6H3,(H2,21,27)(H,24,28)(H,25,29). The molecule has 0 fully saturated rings. The average Bonchev–Trinajstić information content (AvgIpc) is 2.62. The van der Waals surface area contributed by atoms with E-state index >= 15 is 0 Å². The molecule has 1 unspecified atom stereocenters. The van der Waals surface area contributed by atoms with E-state index in [0.29, 0.717) is 0 Å². The first kappa shape index (κ1) is 25.8. The molecule has 0 radical (unpaired) electrons. The smallest absolute Gasteiger partial charge is 0.429 e. The molecule has 31 heavy (non-hydrogen) atoms. The summed E-state index contributed by atoms with van der Waals surface area (Å²) >= 11 is 0. The second-order valence-corrected chi connectivity index (χ2v) is 9.21. The van der Waals surface area contributed by atoms with Gasteiger partial charge in [-0.3, -0.25) is 24.8 Å². The normalized spacial score (nSPS) is 12.5. The fraction of sp³-hybridized carbons (Fsp3) is 0.600. The van der Waals surface area contributed by atoms with Crippen molar-refractivity contribution in [3.8, 4) is 0 Å². The lowest BCUT2D eigenvalue weighted by atomic mass is 9.87. The van der Waals surface area contributed by atoms with Gasteiger partial charge in [-0.25, -0.2) is 14.8 Å². The molecule has 0 aromatic carbocycles. The number of ether oxygens (including phenoxy) is 1.